The van der Waals surface area contributed by atoms with Gasteiger partial charge in [0.15, 0.2) is 0 Å². The third kappa shape index (κ3) is 4.13. The van der Waals surface area contributed by atoms with E-state index in [2.05, 4.69) is 94.9 Å². The van der Waals surface area contributed by atoms with Crippen LogP contribution in [0.25, 0.3) is 0 Å². The van der Waals surface area contributed by atoms with Crippen LogP contribution in [0.3, 0.4) is 0 Å². The van der Waals surface area contributed by atoms with Crippen LogP contribution in [-0.4, -0.2) is 35.1 Å². The molecule has 0 aliphatic carbocycles. The standard InChI is InChI=1S/C19H28B2N3Si/c1-4-5-12-17-22-20(2)23(18-13-8-6-9-14-18)25-24(21(22)3)19-15-10-7-11-16-19/h6-11,13-16,25H,4-5,12,17H2,1-3H3. The molecular formula is C19H28B2N3Si. The summed E-state index contributed by atoms with van der Waals surface area (Å²) in [6.07, 6.45) is 3.85. The van der Waals surface area contributed by atoms with Crippen molar-refractivity contribution in [1.82, 2.24) is 4.72 Å². The van der Waals surface area contributed by atoms with Crippen LogP contribution in [0, 0.1) is 0 Å². The Labute approximate surface area is 156 Å². The molecule has 1 fully saturated rings. The molecule has 6 heteroatoms. The number of unbranched alkanes of at least 4 members (excludes halogenated alkanes) is 2. The molecular weight excluding hydrogens is 320 g/mol. The molecule has 1 saturated heterocycles. The molecule has 2 aromatic rings. The minimum atomic E-state index is 0.0127. The van der Waals surface area contributed by atoms with Crippen molar-refractivity contribution in [2.45, 2.75) is 39.8 Å². The number of benzene rings is 2. The molecule has 0 saturated carbocycles. The first-order chi connectivity index (χ1) is 12.2. The van der Waals surface area contributed by atoms with Crippen LogP contribution in [0.5, 0.6) is 0 Å². The second-order valence-electron chi connectivity index (χ2n) is 6.81. The van der Waals surface area contributed by atoms with E-state index >= 15 is 0 Å². The highest BCUT2D eigenvalue weighted by atomic mass is 28.2. The fraction of sp³-hybridized carbons (Fsp3) is 0.368. The first kappa shape index (κ1) is 18.1. The van der Waals surface area contributed by atoms with Gasteiger partial charge in [-0.1, -0.05) is 69.8 Å². The SMILES string of the molecule is CCCCCN1B(C)N(c2ccccc2)[SiH]N(c2ccccc2)B1C. The van der Waals surface area contributed by atoms with Gasteiger partial charge in [0.2, 0.25) is 0 Å². The number of hydrogen-bond acceptors (Lipinski definition) is 3. The maximum Gasteiger partial charge on any atom is 0.322 e. The molecule has 3 nitrogen and oxygen atoms in total. The van der Waals surface area contributed by atoms with Crippen molar-refractivity contribution < 1.29 is 0 Å². The Bertz CT molecular complexity index is 592. The van der Waals surface area contributed by atoms with Crippen LogP contribution in [0.4, 0.5) is 11.4 Å². The van der Waals surface area contributed by atoms with Gasteiger partial charge in [-0.25, -0.2) is 0 Å². The van der Waals surface area contributed by atoms with E-state index in [-0.39, 0.29) is 9.84 Å². The van der Waals surface area contributed by atoms with Gasteiger partial charge in [-0.3, -0.25) is 0 Å². The summed E-state index contributed by atoms with van der Waals surface area (Å²) in [5.74, 6) is 0. The second kappa shape index (κ2) is 8.63. The van der Waals surface area contributed by atoms with Crippen molar-refractivity contribution in [3.63, 3.8) is 0 Å². The molecule has 1 aliphatic heterocycles. The fourth-order valence-corrected chi connectivity index (χ4v) is 5.25. The summed E-state index contributed by atoms with van der Waals surface area (Å²) in [6.45, 7) is 9.03. The normalized spacial score (nSPS) is 15.8. The molecule has 129 valence electrons. The second-order valence-corrected chi connectivity index (χ2v) is 8.15. The van der Waals surface area contributed by atoms with E-state index < -0.39 is 0 Å². The molecule has 0 bridgehead atoms. The lowest BCUT2D eigenvalue weighted by molar-refractivity contribution is 0.571. The van der Waals surface area contributed by atoms with Crippen molar-refractivity contribution in [3.05, 3.63) is 60.7 Å². The van der Waals surface area contributed by atoms with Crippen LogP contribution in [-0.2, 0) is 0 Å². The molecule has 0 aromatic heterocycles. The fourth-order valence-electron chi connectivity index (χ4n) is 3.64. The number of anilines is 2. The lowest BCUT2D eigenvalue weighted by Crippen LogP contribution is -2.72. The highest BCUT2D eigenvalue weighted by Gasteiger charge is 2.41. The molecule has 3 rings (SSSR count). The van der Waals surface area contributed by atoms with E-state index in [0.29, 0.717) is 14.0 Å². The van der Waals surface area contributed by atoms with Gasteiger partial charge in [-0.05, 0) is 37.2 Å². The van der Waals surface area contributed by atoms with Gasteiger partial charge < -0.3 is 13.7 Å². The van der Waals surface area contributed by atoms with Crippen LogP contribution >= 0.6 is 0 Å². The predicted molar refractivity (Wildman–Crippen MR) is 114 cm³/mol. The smallest absolute Gasteiger partial charge is 0.322 e. The third-order valence-corrected chi connectivity index (χ3v) is 7.10. The number of rotatable bonds is 6. The van der Waals surface area contributed by atoms with Crippen LogP contribution < -0.4 is 8.95 Å². The summed E-state index contributed by atoms with van der Waals surface area (Å²) < 4.78 is 7.85. The topological polar surface area (TPSA) is 9.72 Å². The van der Waals surface area contributed by atoms with E-state index in [1.807, 2.05) is 0 Å². The quantitative estimate of drug-likeness (QED) is 0.577. The predicted octanol–water partition coefficient (Wildman–Crippen LogP) is 4.01. The molecule has 1 heterocycles. The summed E-state index contributed by atoms with van der Waals surface area (Å²) in [6, 6.07) is 21.8. The van der Waals surface area contributed by atoms with Crippen molar-refractivity contribution in [1.29, 1.82) is 0 Å². The maximum absolute atomic E-state index is 2.66. The van der Waals surface area contributed by atoms with E-state index in [1.165, 1.54) is 30.6 Å². The van der Waals surface area contributed by atoms with Crippen LogP contribution in [0.1, 0.15) is 26.2 Å². The molecule has 0 atom stereocenters. The molecule has 25 heavy (non-hydrogen) atoms. The van der Waals surface area contributed by atoms with E-state index in [0.717, 1.165) is 6.54 Å². The summed E-state index contributed by atoms with van der Waals surface area (Å²) in [5, 5.41) is 0. The highest BCUT2D eigenvalue weighted by molar-refractivity contribution is 6.92. The van der Waals surface area contributed by atoms with Crippen molar-refractivity contribution in [2.24, 2.45) is 0 Å². The van der Waals surface area contributed by atoms with Gasteiger partial charge >= 0.3 is 14.0 Å². The summed E-state index contributed by atoms with van der Waals surface area (Å²) in [7, 11) is 0.0127. The Morgan fingerprint density at radius 2 is 1.24 bits per heavy atom. The van der Waals surface area contributed by atoms with E-state index in [1.54, 1.807) is 0 Å². The average Bonchev–Trinajstić information content (AvgIpc) is 2.66. The zero-order chi connectivity index (χ0) is 17.6. The molecule has 2 aromatic carbocycles. The van der Waals surface area contributed by atoms with Crippen LogP contribution in [0.2, 0.25) is 13.6 Å². The molecule has 0 N–H and O–H groups in total. The van der Waals surface area contributed by atoms with Crippen molar-refractivity contribution in [2.75, 3.05) is 15.5 Å². The monoisotopic (exact) mass is 348 g/mol. The number of para-hydroxylation sites is 2. The van der Waals surface area contributed by atoms with Gasteiger partial charge in [0, 0.05) is 11.4 Å². The molecule has 1 aliphatic rings. The van der Waals surface area contributed by atoms with Crippen molar-refractivity contribution in [3.8, 4) is 0 Å². The summed E-state index contributed by atoms with van der Waals surface area (Å²) >= 11 is 0. The summed E-state index contributed by atoms with van der Waals surface area (Å²) in [5.41, 5.74) is 2.66. The third-order valence-electron chi connectivity index (χ3n) is 5.14. The zero-order valence-corrected chi connectivity index (χ0v) is 16.8. The molecule has 0 amide bonds. The van der Waals surface area contributed by atoms with Gasteiger partial charge in [-0.15, -0.1) is 0 Å². The van der Waals surface area contributed by atoms with Gasteiger partial charge in [0.05, 0.1) is 0 Å². The van der Waals surface area contributed by atoms with Crippen LogP contribution in [0.15, 0.2) is 60.7 Å². The first-order valence-electron chi connectivity index (χ1n) is 9.50. The van der Waals surface area contributed by atoms with Crippen molar-refractivity contribution >= 4 is 35.2 Å². The Morgan fingerprint density at radius 1 is 0.760 bits per heavy atom. The minimum Gasteiger partial charge on any atom is -0.416 e. The maximum atomic E-state index is 2.66. The zero-order valence-electron chi connectivity index (χ0n) is 15.7. The Hall–Kier alpha value is -1.65. The Morgan fingerprint density at radius 3 is 1.68 bits per heavy atom. The Balaban J connectivity index is 1.88. The number of hydrogen-bond donors (Lipinski definition) is 0. The lowest BCUT2D eigenvalue weighted by Gasteiger charge is -2.50. The minimum absolute atomic E-state index is 0.0127. The Kier molecular flexibility index (Phi) is 6.27. The summed E-state index contributed by atoms with van der Waals surface area (Å²) in [4.78, 5) is 0. The van der Waals surface area contributed by atoms with E-state index in [4.69, 9.17) is 0 Å². The molecule has 1 radical (unpaired) electrons. The molecule has 0 unspecified atom stereocenters. The van der Waals surface area contributed by atoms with Gasteiger partial charge in [0.25, 0.3) is 9.84 Å². The highest BCUT2D eigenvalue weighted by Crippen LogP contribution is 2.26. The van der Waals surface area contributed by atoms with Gasteiger partial charge in [0.1, 0.15) is 0 Å². The average molecular weight is 348 g/mol. The largest absolute Gasteiger partial charge is 0.416 e. The molecule has 0 spiro atoms. The lowest BCUT2D eigenvalue weighted by atomic mass is 9.61. The number of nitrogens with zero attached hydrogens (tertiary/aromatic N) is 3. The van der Waals surface area contributed by atoms with Gasteiger partial charge in [-0.2, -0.15) is 0 Å². The first-order valence-corrected chi connectivity index (χ1v) is 10.5. The van der Waals surface area contributed by atoms with E-state index in [9.17, 15) is 0 Å².